The van der Waals surface area contributed by atoms with Crippen LogP contribution in [-0.4, -0.2) is 16.2 Å². The number of aromatic nitrogens is 1. The summed E-state index contributed by atoms with van der Waals surface area (Å²) in [6.45, 7) is 2.20. The lowest BCUT2D eigenvalue weighted by molar-refractivity contribution is 0.0257. The molecule has 0 spiro atoms. The predicted octanol–water partition coefficient (Wildman–Crippen LogP) is 3.72. The van der Waals surface area contributed by atoms with Crippen molar-refractivity contribution in [3.8, 4) is 0 Å². The summed E-state index contributed by atoms with van der Waals surface area (Å²) in [4.78, 5) is 4.15. The molecule has 0 aliphatic heterocycles. The lowest BCUT2D eigenvalue weighted by Gasteiger charge is -2.33. The molecule has 1 aliphatic carbocycles. The van der Waals surface area contributed by atoms with E-state index in [2.05, 4.69) is 33.9 Å². The molecule has 0 aromatic carbocycles. The maximum Gasteiger partial charge on any atom is 0.0637 e. The van der Waals surface area contributed by atoms with Crippen LogP contribution < -0.4 is 0 Å². The van der Waals surface area contributed by atoms with Crippen LogP contribution in [-0.2, 0) is 6.42 Å². The third kappa shape index (κ3) is 2.89. The molecular weight excluding hydrogens is 278 g/mol. The normalized spacial score (nSPS) is 20.4. The van der Waals surface area contributed by atoms with Crippen molar-refractivity contribution in [3.05, 3.63) is 28.5 Å². The van der Waals surface area contributed by atoms with E-state index in [4.69, 9.17) is 0 Å². The Morgan fingerprint density at radius 1 is 1.41 bits per heavy atom. The van der Waals surface area contributed by atoms with Gasteiger partial charge in [-0.25, -0.2) is 0 Å². The summed E-state index contributed by atoms with van der Waals surface area (Å²) in [6, 6.07) is 2.05. The summed E-state index contributed by atoms with van der Waals surface area (Å²) in [6.07, 6.45) is 10.1. The molecule has 17 heavy (non-hydrogen) atoms. The van der Waals surface area contributed by atoms with E-state index in [1.807, 2.05) is 6.20 Å². The molecule has 1 aromatic heterocycles. The second kappa shape index (κ2) is 5.49. The van der Waals surface area contributed by atoms with E-state index in [1.54, 1.807) is 6.20 Å². The molecule has 0 saturated heterocycles. The van der Waals surface area contributed by atoms with E-state index in [1.165, 1.54) is 25.7 Å². The minimum Gasteiger partial charge on any atom is -0.392 e. The lowest BCUT2D eigenvalue weighted by atomic mass is 9.76. The second-order valence-electron chi connectivity index (χ2n) is 5.15. The predicted molar refractivity (Wildman–Crippen MR) is 72.8 cm³/mol. The van der Waals surface area contributed by atoms with E-state index < -0.39 is 0 Å². The summed E-state index contributed by atoms with van der Waals surface area (Å²) in [7, 11) is 0. The Kier molecular flexibility index (Phi) is 4.21. The molecule has 1 atom stereocenters. The lowest BCUT2D eigenvalue weighted by Crippen LogP contribution is -2.33. The first-order valence-electron chi connectivity index (χ1n) is 6.44. The average Bonchev–Trinajstić information content (AvgIpc) is 2.78. The first kappa shape index (κ1) is 13.0. The van der Waals surface area contributed by atoms with Crippen molar-refractivity contribution in [1.82, 2.24) is 4.98 Å². The molecular formula is C14H20BrNO. The van der Waals surface area contributed by atoms with Crippen LogP contribution >= 0.6 is 15.9 Å². The molecule has 1 unspecified atom stereocenters. The zero-order chi connectivity index (χ0) is 12.3. The van der Waals surface area contributed by atoms with Crippen LogP contribution in [0.4, 0.5) is 0 Å². The summed E-state index contributed by atoms with van der Waals surface area (Å²) in [5, 5.41) is 10.5. The Balaban J connectivity index is 2.07. The van der Waals surface area contributed by atoms with Gasteiger partial charge in [-0.1, -0.05) is 19.8 Å². The highest BCUT2D eigenvalue weighted by molar-refractivity contribution is 9.10. The smallest absolute Gasteiger partial charge is 0.0637 e. The van der Waals surface area contributed by atoms with Crippen LogP contribution in [0.15, 0.2) is 22.9 Å². The Morgan fingerprint density at radius 2 is 2.12 bits per heavy atom. The van der Waals surface area contributed by atoms with Gasteiger partial charge in [0.05, 0.1) is 6.10 Å². The number of aliphatic hydroxyl groups excluding tert-OH is 1. The standard InChI is InChI=1S/C14H20BrNO/c1-2-14(5-3-4-6-14)13(17)8-11-7-12(15)10-16-9-11/h7,9-10,13,17H,2-6,8H2,1H3. The summed E-state index contributed by atoms with van der Waals surface area (Å²) in [5.74, 6) is 0. The number of halogens is 1. The SMILES string of the molecule is CCC1(C(O)Cc2cncc(Br)c2)CCCC1. The largest absolute Gasteiger partial charge is 0.392 e. The van der Waals surface area contributed by atoms with Gasteiger partial charge in [0, 0.05) is 23.3 Å². The van der Waals surface area contributed by atoms with Crippen molar-refractivity contribution in [2.24, 2.45) is 5.41 Å². The Hall–Kier alpha value is -0.410. The zero-order valence-electron chi connectivity index (χ0n) is 10.3. The Labute approximate surface area is 112 Å². The van der Waals surface area contributed by atoms with Crippen molar-refractivity contribution in [2.75, 3.05) is 0 Å². The van der Waals surface area contributed by atoms with Gasteiger partial charge in [-0.15, -0.1) is 0 Å². The van der Waals surface area contributed by atoms with Gasteiger partial charge in [-0.3, -0.25) is 4.98 Å². The number of aliphatic hydroxyl groups is 1. The third-order valence-electron chi connectivity index (χ3n) is 4.20. The maximum absolute atomic E-state index is 10.5. The van der Waals surface area contributed by atoms with Crippen LogP contribution in [0, 0.1) is 5.41 Å². The first-order valence-corrected chi connectivity index (χ1v) is 7.23. The van der Waals surface area contributed by atoms with E-state index in [-0.39, 0.29) is 11.5 Å². The van der Waals surface area contributed by atoms with Gasteiger partial charge in [0.15, 0.2) is 0 Å². The Morgan fingerprint density at radius 3 is 2.71 bits per heavy atom. The third-order valence-corrected chi connectivity index (χ3v) is 4.63. The van der Waals surface area contributed by atoms with Gasteiger partial charge >= 0.3 is 0 Å². The fraction of sp³-hybridized carbons (Fsp3) is 0.643. The number of hydrogen-bond donors (Lipinski definition) is 1. The highest BCUT2D eigenvalue weighted by Crippen LogP contribution is 2.44. The number of rotatable bonds is 4. The molecule has 0 radical (unpaired) electrons. The molecule has 94 valence electrons. The molecule has 1 heterocycles. The molecule has 1 fully saturated rings. The molecule has 1 aliphatic rings. The zero-order valence-corrected chi connectivity index (χ0v) is 11.9. The van der Waals surface area contributed by atoms with E-state index in [0.29, 0.717) is 0 Å². The minimum atomic E-state index is -0.230. The molecule has 0 amide bonds. The Bertz CT molecular complexity index is 374. The molecule has 1 aromatic rings. The first-order chi connectivity index (χ1) is 8.16. The summed E-state index contributed by atoms with van der Waals surface area (Å²) in [5.41, 5.74) is 1.27. The fourth-order valence-electron chi connectivity index (χ4n) is 3.01. The van der Waals surface area contributed by atoms with Gasteiger partial charge in [-0.2, -0.15) is 0 Å². The van der Waals surface area contributed by atoms with Crippen LogP contribution in [0.2, 0.25) is 0 Å². The van der Waals surface area contributed by atoms with Crippen molar-refractivity contribution in [1.29, 1.82) is 0 Å². The van der Waals surface area contributed by atoms with Gasteiger partial charge in [0.2, 0.25) is 0 Å². The van der Waals surface area contributed by atoms with E-state index >= 15 is 0 Å². The van der Waals surface area contributed by atoms with Gasteiger partial charge in [0.25, 0.3) is 0 Å². The van der Waals surface area contributed by atoms with E-state index in [0.717, 1.165) is 22.9 Å². The minimum absolute atomic E-state index is 0.155. The van der Waals surface area contributed by atoms with Crippen LogP contribution in [0.25, 0.3) is 0 Å². The number of hydrogen-bond acceptors (Lipinski definition) is 2. The summed E-state index contributed by atoms with van der Waals surface area (Å²) >= 11 is 3.42. The van der Waals surface area contributed by atoms with Crippen molar-refractivity contribution in [3.63, 3.8) is 0 Å². The van der Waals surface area contributed by atoms with E-state index in [9.17, 15) is 5.11 Å². The highest BCUT2D eigenvalue weighted by Gasteiger charge is 2.38. The topological polar surface area (TPSA) is 33.1 Å². The van der Waals surface area contributed by atoms with Crippen molar-refractivity contribution in [2.45, 2.75) is 51.6 Å². The molecule has 2 rings (SSSR count). The summed E-state index contributed by atoms with van der Waals surface area (Å²) < 4.78 is 0.985. The number of nitrogens with zero attached hydrogens (tertiary/aromatic N) is 1. The van der Waals surface area contributed by atoms with Gasteiger partial charge in [0.1, 0.15) is 0 Å². The van der Waals surface area contributed by atoms with Crippen LogP contribution in [0.5, 0.6) is 0 Å². The van der Waals surface area contributed by atoms with Crippen LogP contribution in [0.1, 0.15) is 44.6 Å². The monoisotopic (exact) mass is 297 g/mol. The number of pyridine rings is 1. The fourth-order valence-corrected chi connectivity index (χ4v) is 3.42. The van der Waals surface area contributed by atoms with Gasteiger partial charge < -0.3 is 5.11 Å². The molecule has 1 saturated carbocycles. The van der Waals surface area contributed by atoms with Crippen molar-refractivity contribution < 1.29 is 5.11 Å². The molecule has 0 bridgehead atoms. The maximum atomic E-state index is 10.5. The highest BCUT2D eigenvalue weighted by atomic mass is 79.9. The van der Waals surface area contributed by atoms with Crippen molar-refractivity contribution >= 4 is 15.9 Å². The quantitative estimate of drug-likeness (QED) is 0.919. The molecule has 1 N–H and O–H groups in total. The second-order valence-corrected chi connectivity index (χ2v) is 6.07. The molecule has 3 heteroatoms. The van der Waals surface area contributed by atoms with Gasteiger partial charge in [-0.05, 0) is 52.2 Å². The van der Waals surface area contributed by atoms with Crippen LogP contribution in [0.3, 0.4) is 0 Å². The molecule has 2 nitrogen and oxygen atoms in total. The average molecular weight is 298 g/mol.